The van der Waals surface area contributed by atoms with Gasteiger partial charge in [0, 0.05) is 5.33 Å². The van der Waals surface area contributed by atoms with Crippen molar-refractivity contribution in [2.45, 2.75) is 45.4 Å². The highest BCUT2D eigenvalue weighted by molar-refractivity contribution is 9.08. The van der Waals surface area contributed by atoms with Gasteiger partial charge in [-0.25, -0.2) is 0 Å². The van der Waals surface area contributed by atoms with E-state index >= 15 is 0 Å². The van der Waals surface area contributed by atoms with Gasteiger partial charge in [-0.15, -0.1) is 0 Å². The topological polar surface area (TPSA) is 27.7 Å². The summed E-state index contributed by atoms with van der Waals surface area (Å²) in [5.74, 6) is 2.30. The Balaban J connectivity index is 3.06. The maximum Gasteiger partial charge on any atom is 0.203 e. The van der Waals surface area contributed by atoms with Crippen molar-refractivity contribution in [1.29, 1.82) is 0 Å². The van der Waals surface area contributed by atoms with Crippen molar-refractivity contribution >= 4 is 15.9 Å². The summed E-state index contributed by atoms with van der Waals surface area (Å²) in [6.07, 6.45) is 2.90. The van der Waals surface area contributed by atoms with Gasteiger partial charge >= 0.3 is 0 Å². The number of rotatable bonds is 10. The van der Waals surface area contributed by atoms with E-state index in [2.05, 4.69) is 36.7 Å². The fourth-order valence-electron chi connectivity index (χ4n) is 1.69. The van der Waals surface area contributed by atoms with Crippen LogP contribution in [0.25, 0.3) is 0 Å². The molecule has 20 heavy (non-hydrogen) atoms. The normalized spacial score (nSPS) is 10.4. The summed E-state index contributed by atoms with van der Waals surface area (Å²) in [5.41, 5.74) is 1.13. The molecule has 0 saturated heterocycles. The molecular formula is C16H25BrO3. The lowest BCUT2D eigenvalue weighted by atomic mass is 10.2. The maximum atomic E-state index is 5.85. The largest absolute Gasteiger partial charge is 0.490 e. The highest BCUT2D eigenvalue weighted by atomic mass is 79.9. The number of hydrogen-bond donors (Lipinski definition) is 0. The van der Waals surface area contributed by atoms with E-state index in [1.54, 1.807) is 0 Å². The molecule has 1 aromatic rings. The van der Waals surface area contributed by atoms with Crippen molar-refractivity contribution in [3.8, 4) is 17.2 Å². The van der Waals surface area contributed by atoms with Gasteiger partial charge in [0.2, 0.25) is 5.75 Å². The molecule has 0 bridgehead atoms. The molecule has 0 aliphatic heterocycles. The van der Waals surface area contributed by atoms with E-state index in [9.17, 15) is 0 Å². The van der Waals surface area contributed by atoms with E-state index in [0.717, 1.165) is 47.4 Å². The SMILES string of the molecule is CCCOc1cc(CBr)cc(OCCC)c1OCCC. The van der Waals surface area contributed by atoms with Gasteiger partial charge in [-0.2, -0.15) is 0 Å². The Morgan fingerprint density at radius 2 is 1.25 bits per heavy atom. The third-order valence-corrected chi connectivity index (χ3v) is 3.26. The van der Waals surface area contributed by atoms with E-state index in [1.807, 2.05) is 12.1 Å². The minimum absolute atomic E-state index is 0.665. The van der Waals surface area contributed by atoms with E-state index in [0.29, 0.717) is 19.8 Å². The first-order valence-electron chi connectivity index (χ1n) is 7.38. The molecule has 0 fully saturated rings. The number of ether oxygens (including phenoxy) is 3. The van der Waals surface area contributed by atoms with Crippen LogP contribution < -0.4 is 14.2 Å². The van der Waals surface area contributed by atoms with Crippen LogP contribution in [0.15, 0.2) is 12.1 Å². The second kappa shape index (κ2) is 9.92. The molecule has 0 aliphatic carbocycles. The van der Waals surface area contributed by atoms with Crippen LogP contribution in [0.5, 0.6) is 17.2 Å². The van der Waals surface area contributed by atoms with Gasteiger partial charge in [0.25, 0.3) is 0 Å². The molecule has 1 rings (SSSR count). The predicted molar refractivity (Wildman–Crippen MR) is 86.4 cm³/mol. The van der Waals surface area contributed by atoms with E-state index in [-0.39, 0.29) is 0 Å². The lowest BCUT2D eigenvalue weighted by Gasteiger charge is -2.17. The molecule has 0 N–H and O–H groups in total. The third-order valence-electron chi connectivity index (χ3n) is 2.61. The molecule has 0 heterocycles. The zero-order valence-corrected chi connectivity index (χ0v) is 14.3. The fourth-order valence-corrected chi connectivity index (χ4v) is 2.02. The minimum atomic E-state index is 0.665. The summed E-state index contributed by atoms with van der Waals surface area (Å²) < 4.78 is 17.5. The van der Waals surface area contributed by atoms with Crippen LogP contribution in [0, 0.1) is 0 Å². The first-order valence-corrected chi connectivity index (χ1v) is 8.50. The smallest absolute Gasteiger partial charge is 0.203 e. The van der Waals surface area contributed by atoms with Crippen LogP contribution >= 0.6 is 15.9 Å². The van der Waals surface area contributed by atoms with Crippen molar-refractivity contribution in [2.75, 3.05) is 19.8 Å². The molecule has 4 heteroatoms. The summed E-state index contributed by atoms with van der Waals surface area (Å²) in [6, 6.07) is 4.04. The Hall–Kier alpha value is -0.900. The number of alkyl halides is 1. The molecular weight excluding hydrogens is 320 g/mol. The summed E-state index contributed by atoms with van der Waals surface area (Å²) in [4.78, 5) is 0. The van der Waals surface area contributed by atoms with Crippen LogP contribution in [0.1, 0.15) is 45.6 Å². The molecule has 0 saturated carbocycles. The molecule has 0 amide bonds. The Morgan fingerprint density at radius 1 is 0.800 bits per heavy atom. The summed E-state index contributed by atoms with van der Waals surface area (Å²) in [7, 11) is 0. The Labute approximate surface area is 130 Å². The van der Waals surface area contributed by atoms with E-state index < -0.39 is 0 Å². The maximum absolute atomic E-state index is 5.85. The molecule has 0 aromatic heterocycles. The van der Waals surface area contributed by atoms with Gasteiger partial charge in [-0.3, -0.25) is 0 Å². The van der Waals surface area contributed by atoms with Crippen LogP contribution in [0.4, 0.5) is 0 Å². The van der Waals surface area contributed by atoms with Gasteiger partial charge in [-0.1, -0.05) is 36.7 Å². The average Bonchev–Trinajstić information content (AvgIpc) is 2.48. The monoisotopic (exact) mass is 344 g/mol. The van der Waals surface area contributed by atoms with Gasteiger partial charge in [0.05, 0.1) is 19.8 Å². The Kier molecular flexibility index (Phi) is 8.51. The third kappa shape index (κ3) is 5.23. The van der Waals surface area contributed by atoms with Crippen molar-refractivity contribution in [2.24, 2.45) is 0 Å². The molecule has 3 nitrogen and oxygen atoms in total. The average molecular weight is 345 g/mol. The molecule has 0 unspecified atom stereocenters. The summed E-state index contributed by atoms with van der Waals surface area (Å²) in [5, 5.41) is 0.770. The van der Waals surface area contributed by atoms with Crippen LogP contribution in [-0.2, 0) is 5.33 Å². The van der Waals surface area contributed by atoms with Crippen molar-refractivity contribution in [3.05, 3.63) is 17.7 Å². The lowest BCUT2D eigenvalue weighted by Crippen LogP contribution is -2.05. The molecule has 1 aromatic carbocycles. The molecule has 0 radical (unpaired) electrons. The predicted octanol–water partition coefficient (Wildman–Crippen LogP) is 4.95. The second-order valence-electron chi connectivity index (χ2n) is 4.60. The van der Waals surface area contributed by atoms with Gasteiger partial charge in [0.15, 0.2) is 11.5 Å². The fraction of sp³-hybridized carbons (Fsp3) is 0.625. The zero-order valence-electron chi connectivity index (χ0n) is 12.7. The zero-order chi connectivity index (χ0) is 14.8. The van der Waals surface area contributed by atoms with Crippen LogP contribution in [-0.4, -0.2) is 19.8 Å². The summed E-state index contributed by atoms with van der Waals surface area (Å²) >= 11 is 3.49. The number of halogens is 1. The first kappa shape index (κ1) is 17.2. The summed E-state index contributed by atoms with van der Waals surface area (Å²) in [6.45, 7) is 8.30. The lowest BCUT2D eigenvalue weighted by molar-refractivity contribution is 0.242. The van der Waals surface area contributed by atoms with Gasteiger partial charge < -0.3 is 14.2 Å². The first-order chi connectivity index (χ1) is 9.76. The highest BCUT2D eigenvalue weighted by Gasteiger charge is 2.15. The Bertz CT molecular complexity index is 364. The quantitative estimate of drug-likeness (QED) is 0.562. The second-order valence-corrected chi connectivity index (χ2v) is 5.16. The highest BCUT2D eigenvalue weighted by Crippen LogP contribution is 2.39. The molecule has 0 aliphatic rings. The number of hydrogen-bond acceptors (Lipinski definition) is 3. The standard InChI is InChI=1S/C16H25BrO3/c1-4-7-18-14-10-13(12-17)11-15(19-8-5-2)16(14)20-9-6-3/h10-11H,4-9,12H2,1-3H3. The minimum Gasteiger partial charge on any atom is -0.490 e. The molecule has 0 atom stereocenters. The van der Waals surface area contributed by atoms with Crippen LogP contribution in [0.2, 0.25) is 0 Å². The van der Waals surface area contributed by atoms with Crippen molar-refractivity contribution in [1.82, 2.24) is 0 Å². The number of benzene rings is 1. The van der Waals surface area contributed by atoms with Gasteiger partial charge in [0.1, 0.15) is 0 Å². The van der Waals surface area contributed by atoms with E-state index in [1.165, 1.54) is 0 Å². The Morgan fingerprint density at radius 3 is 1.65 bits per heavy atom. The van der Waals surface area contributed by atoms with Gasteiger partial charge in [-0.05, 0) is 37.0 Å². The molecule has 0 spiro atoms. The van der Waals surface area contributed by atoms with Crippen molar-refractivity contribution in [3.63, 3.8) is 0 Å². The molecule has 114 valence electrons. The van der Waals surface area contributed by atoms with E-state index in [4.69, 9.17) is 14.2 Å². The van der Waals surface area contributed by atoms with Crippen molar-refractivity contribution < 1.29 is 14.2 Å². The van der Waals surface area contributed by atoms with Crippen LogP contribution in [0.3, 0.4) is 0 Å².